The van der Waals surface area contributed by atoms with E-state index in [1.807, 2.05) is 13.0 Å². The van der Waals surface area contributed by atoms with Crippen LogP contribution in [-0.4, -0.2) is 25.5 Å². The first-order valence-corrected chi connectivity index (χ1v) is 7.57. The highest BCUT2D eigenvalue weighted by Gasteiger charge is 2.30. The van der Waals surface area contributed by atoms with Crippen molar-refractivity contribution in [2.24, 2.45) is 0 Å². The van der Waals surface area contributed by atoms with Crippen LogP contribution in [0.3, 0.4) is 0 Å². The van der Waals surface area contributed by atoms with Crippen LogP contribution < -0.4 is 0 Å². The van der Waals surface area contributed by atoms with E-state index >= 15 is 0 Å². The lowest BCUT2D eigenvalue weighted by Gasteiger charge is -2.14. The van der Waals surface area contributed by atoms with Gasteiger partial charge in [-0.2, -0.15) is 0 Å². The van der Waals surface area contributed by atoms with Gasteiger partial charge in [0.2, 0.25) is 0 Å². The largest absolute Gasteiger partial charge is 0.348 e. The molecule has 112 valence electrons. The molecule has 22 heavy (non-hydrogen) atoms. The molecular weight excluding hydrogens is 323 g/mol. The van der Waals surface area contributed by atoms with E-state index in [1.165, 1.54) is 0 Å². The van der Waals surface area contributed by atoms with Gasteiger partial charge < -0.3 is 9.88 Å². The SMILES string of the molecule is Cc1[nH]cnc1CN1Cc2cc3c(Cl)cc(Cl)cc3n2C1=O. The van der Waals surface area contributed by atoms with Crippen LogP contribution in [0.1, 0.15) is 17.1 Å². The topological polar surface area (TPSA) is 53.9 Å². The first-order valence-electron chi connectivity index (χ1n) is 6.82. The normalized spacial score (nSPS) is 14.1. The minimum absolute atomic E-state index is 0.0780. The Morgan fingerprint density at radius 2 is 2.14 bits per heavy atom. The number of nitrogens with one attached hydrogen (secondary N) is 1. The number of aryl methyl sites for hydroxylation is 1. The van der Waals surface area contributed by atoms with Gasteiger partial charge in [-0.1, -0.05) is 23.2 Å². The number of hydrogen-bond acceptors (Lipinski definition) is 2. The van der Waals surface area contributed by atoms with Gasteiger partial charge in [0.1, 0.15) is 0 Å². The number of benzene rings is 1. The van der Waals surface area contributed by atoms with Crippen molar-refractivity contribution in [1.29, 1.82) is 0 Å². The average Bonchev–Trinajstić information content (AvgIpc) is 3.09. The second-order valence-electron chi connectivity index (χ2n) is 5.40. The van der Waals surface area contributed by atoms with Crippen molar-refractivity contribution in [2.75, 3.05) is 0 Å². The molecule has 0 radical (unpaired) electrons. The number of rotatable bonds is 2. The second-order valence-corrected chi connectivity index (χ2v) is 6.25. The van der Waals surface area contributed by atoms with E-state index in [-0.39, 0.29) is 6.03 Å². The van der Waals surface area contributed by atoms with Gasteiger partial charge in [0.25, 0.3) is 0 Å². The Bertz CT molecular complexity index is 912. The van der Waals surface area contributed by atoms with Crippen molar-refractivity contribution in [3.63, 3.8) is 0 Å². The van der Waals surface area contributed by atoms with Gasteiger partial charge in [-0.25, -0.2) is 9.78 Å². The quantitative estimate of drug-likeness (QED) is 0.771. The molecule has 2 aromatic heterocycles. The van der Waals surface area contributed by atoms with Crippen LogP contribution in [0.2, 0.25) is 10.0 Å². The summed E-state index contributed by atoms with van der Waals surface area (Å²) in [5.74, 6) is 0. The molecule has 3 aromatic rings. The van der Waals surface area contributed by atoms with Crippen LogP contribution in [-0.2, 0) is 13.1 Å². The molecule has 4 rings (SSSR count). The molecule has 5 nitrogen and oxygen atoms in total. The van der Waals surface area contributed by atoms with Gasteiger partial charge in [0.15, 0.2) is 0 Å². The van der Waals surface area contributed by atoms with Crippen molar-refractivity contribution in [1.82, 2.24) is 19.4 Å². The molecule has 0 unspecified atom stereocenters. The van der Waals surface area contributed by atoms with Gasteiger partial charge in [-0.05, 0) is 25.1 Å². The monoisotopic (exact) mass is 334 g/mol. The summed E-state index contributed by atoms with van der Waals surface area (Å²) in [6.07, 6.45) is 1.64. The number of H-pyrrole nitrogens is 1. The summed E-state index contributed by atoms with van der Waals surface area (Å²) in [6, 6.07) is 5.33. The number of halogens is 2. The molecule has 1 amide bonds. The van der Waals surface area contributed by atoms with Crippen molar-refractivity contribution in [3.05, 3.63) is 51.7 Å². The maximum atomic E-state index is 12.7. The first-order chi connectivity index (χ1) is 10.5. The van der Waals surface area contributed by atoms with E-state index in [4.69, 9.17) is 23.2 Å². The van der Waals surface area contributed by atoms with E-state index in [0.717, 1.165) is 28.0 Å². The fraction of sp³-hybridized carbons (Fsp3) is 0.200. The summed E-state index contributed by atoms with van der Waals surface area (Å²) >= 11 is 12.3. The Balaban J connectivity index is 1.75. The summed E-state index contributed by atoms with van der Waals surface area (Å²) in [7, 11) is 0. The van der Waals surface area contributed by atoms with E-state index in [2.05, 4.69) is 9.97 Å². The molecule has 0 saturated carbocycles. The number of carbonyl (C=O) groups excluding carboxylic acids is 1. The standard InChI is InChI=1S/C15H12Cl2N4O/c1-8-13(19-7-18-8)6-20-5-10-4-11-12(17)2-9(16)3-14(11)21(10)15(20)22/h2-4,7H,5-6H2,1H3,(H,18,19). The van der Waals surface area contributed by atoms with Gasteiger partial charge in [-0.15, -0.1) is 0 Å². The number of fused-ring (bicyclic) bond motifs is 3. The van der Waals surface area contributed by atoms with Crippen LogP contribution in [0.25, 0.3) is 10.9 Å². The zero-order chi connectivity index (χ0) is 15.4. The summed E-state index contributed by atoms with van der Waals surface area (Å²) in [5, 5.41) is 1.93. The number of imidazole rings is 1. The molecule has 3 heterocycles. The van der Waals surface area contributed by atoms with Crippen LogP contribution in [0, 0.1) is 6.92 Å². The zero-order valence-electron chi connectivity index (χ0n) is 11.7. The van der Waals surface area contributed by atoms with Crippen molar-refractivity contribution in [2.45, 2.75) is 20.0 Å². The minimum atomic E-state index is -0.0780. The Morgan fingerprint density at radius 3 is 2.86 bits per heavy atom. The number of amides is 1. The van der Waals surface area contributed by atoms with Crippen LogP contribution in [0.4, 0.5) is 4.79 Å². The second kappa shape index (κ2) is 4.76. The first kappa shape index (κ1) is 13.7. The van der Waals surface area contributed by atoms with Crippen LogP contribution >= 0.6 is 23.2 Å². The fourth-order valence-electron chi connectivity index (χ4n) is 2.88. The Hall–Kier alpha value is -1.98. The Kier molecular flexibility index (Phi) is 2.96. The van der Waals surface area contributed by atoms with Gasteiger partial charge >= 0.3 is 6.03 Å². The highest BCUT2D eigenvalue weighted by Crippen LogP contribution is 2.34. The van der Waals surface area contributed by atoms with Crippen molar-refractivity contribution >= 4 is 40.1 Å². The predicted octanol–water partition coefficient (Wildman–Crippen LogP) is 3.96. The fourth-order valence-corrected chi connectivity index (χ4v) is 3.42. The van der Waals surface area contributed by atoms with Gasteiger partial charge in [0, 0.05) is 21.8 Å². The summed E-state index contributed by atoms with van der Waals surface area (Å²) in [5.41, 5.74) is 3.51. The predicted molar refractivity (Wildman–Crippen MR) is 85.3 cm³/mol. The van der Waals surface area contributed by atoms with E-state index in [9.17, 15) is 4.79 Å². The smallest absolute Gasteiger partial charge is 0.329 e. The molecule has 0 aliphatic carbocycles. The lowest BCUT2D eigenvalue weighted by molar-refractivity contribution is 0.207. The number of hydrogen-bond donors (Lipinski definition) is 1. The number of nitrogens with zero attached hydrogens (tertiary/aromatic N) is 3. The molecular formula is C15H12Cl2N4O. The third-order valence-corrected chi connectivity index (χ3v) is 4.53. The van der Waals surface area contributed by atoms with Crippen LogP contribution in [0.15, 0.2) is 24.5 Å². The lowest BCUT2D eigenvalue weighted by Crippen LogP contribution is -2.26. The highest BCUT2D eigenvalue weighted by molar-refractivity contribution is 6.38. The minimum Gasteiger partial charge on any atom is -0.348 e. The van der Waals surface area contributed by atoms with Crippen molar-refractivity contribution in [3.8, 4) is 0 Å². The summed E-state index contributed by atoms with van der Waals surface area (Å²) in [6.45, 7) is 2.96. The lowest BCUT2D eigenvalue weighted by atomic mass is 10.2. The molecule has 1 aliphatic rings. The molecule has 0 spiro atoms. The number of aromatic nitrogens is 3. The Labute approximate surface area is 136 Å². The Morgan fingerprint density at radius 1 is 1.32 bits per heavy atom. The molecule has 0 bridgehead atoms. The van der Waals surface area contributed by atoms with Crippen molar-refractivity contribution < 1.29 is 4.79 Å². The van der Waals surface area contributed by atoms with Crippen LogP contribution in [0.5, 0.6) is 0 Å². The third-order valence-electron chi connectivity index (χ3n) is 4.00. The molecule has 0 saturated heterocycles. The van der Waals surface area contributed by atoms with E-state index in [0.29, 0.717) is 23.1 Å². The third kappa shape index (κ3) is 1.93. The highest BCUT2D eigenvalue weighted by atomic mass is 35.5. The van der Waals surface area contributed by atoms with E-state index in [1.54, 1.807) is 27.9 Å². The maximum absolute atomic E-state index is 12.7. The van der Waals surface area contributed by atoms with E-state index < -0.39 is 0 Å². The molecule has 1 aliphatic heterocycles. The molecule has 1 aromatic carbocycles. The summed E-state index contributed by atoms with van der Waals surface area (Å²) in [4.78, 5) is 21.7. The maximum Gasteiger partial charge on any atom is 0.329 e. The summed E-state index contributed by atoms with van der Waals surface area (Å²) < 4.78 is 1.68. The molecule has 0 atom stereocenters. The van der Waals surface area contributed by atoms with Gasteiger partial charge in [0.05, 0.1) is 35.7 Å². The molecule has 1 N–H and O–H groups in total. The number of carbonyl (C=O) groups is 1. The molecule has 0 fully saturated rings. The number of aromatic amines is 1. The average molecular weight is 335 g/mol. The molecule has 7 heteroatoms. The van der Waals surface area contributed by atoms with Gasteiger partial charge in [-0.3, -0.25) is 4.57 Å². The zero-order valence-corrected chi connectivity index (χ0v) is 13.2.